The first-order valence-electron chi connectivity index (χ1n) is 5.93. The molecule has 112 valence electrons. The van der Waals surface area contributed by atoms with Gasteiger partial charge in [0.1, 0.15) is 11.0 Å². The molecule has 0 radical (unpaired) electrons. The SMILES string of the molecule is O=c1c(Br)c(NCC2(CO)CC2)cnn1CC(F)(F)F. The van der Waals surface area contributed by atoms with E-state index in [1.807, 2.05) is 0 Å². The van der Waals surface area contributed by atoms with Crippen LogP contribution in [0.4, 0.5) is 18.9 Å². The summed E-state index contributed by atoms with van der Waals surface area (Å²) in [5.74, 6) is 0. The number of aromatic nitrogens is 2. The topological polar surface area (TPSA) is 67.2 Å². The summed E-state index contributed by atoms with van der Waals surface area (Å²) in [6.07, 6.45) is -1.57. The van der Waals surface area contributed by atoms with Crippen LogP contribution in [0.1, 0.15) is 12.8 Å². The van der Waals surface area contributed by atoms with Crippen LogP contribution in [0, 0.1) is 5.41 Å². The first-order chi connectivity index (χ1) is 9.26. The Morgan fingerprint density at radius 3 is 2.65 bits per heavy atom. The first-order valence-corrected chi connectivity index (χ1v) is 6.73. The number of anilines is 1. The lowest BCUT2D eigenvalue weighted by atomic mass is 10.1. The van der Waals surface area contributed by atoms with E-state index in [0.29, 0.717) is 16.9 Å². The van der Waals surface area contributed by atoms with E-state index in [9.17, 15) is 23.1 Å². The number of nitrogens with zero attached hydrogens (tertiary/aromatic N) is 2. The lowest BCUT2D eigenvalue weighted by Crippen LogP contribution is -2.31. The van der Waals surface area contributed by atoms with Crippen LogP contribution in [-0.4, -0.2) is 34.2 Å². The molecule has 1 aliphatic carbocycles. The quantitative estimate of drug-likeness (QED) is 0.844. The summed E-state index contributed by atoms with van der Waals surface area (Å²) >= 11 is 2.98. The van der Waals surface area contributed by atoms with Gasteiger partial charge in [0.25, 0.3) is 5.56 Å². The zero-order valence-corrected chi connectivity index (χ0v) is 12.0. The van der Waals surface area contributed by atoms with Crippen molar-refractivity contribution in [1.29, 1.82) is 0 Å². The molecule has 0 saturated heterocycles. The zero-order valence-electron chi connectivity index (χ0n) is 10.4. The van der Waals surface area contributed by atoms with E-state index in [1.165, 1.54) is 6.20 Å². The Hall–Kier alpha value is -1.09. The minimum atomic E-state index is -4.50. The molecule has 0 amide bonds. The Kier molecular flexibility index (Phi) is 4.10. The number of aliphatic hydroxyl groups excluding tert-OH is 1. The molecule has 0 bridgehead atoms. The molecule has 1 aromatic heterocycles. The Balaban J connectivity index is 2.12. The van der Waals surface area contributed by atoms with Gasteiger partial charge >= 0.3 is 6.18 Å². The highest BCUT2D eigenvalue weighted by atomic mass is 79.9. The Morgan fingerprint density at radius 1 is 1.50 bits per heavy atom. The third-order valence-corrected chi connectivity index (χ3v) is 4.03. The van der Waals surface area contributed by atoms with Crippen LogP contribution < -0.4 is 10.9 Å². The maximum atomic E-state index is 12.3. The van der Waals surface area contributed by atoms with E-state index in [0.717, 1.165) is 12.8 Å². The van der Waals surface area contributed by atoms with Crippen molar-refractivity contribution in [1.82, 2.24) is 9.78 Å². The summed E-state index contributed by atoms with van der Waals surface area (Å²) in [5.41, 5.74) is -0.699. The van der Waals surface area contributed by atoms with Crippen LogP contribution >= 0.6 is 15.9 Å². The summed E-state index contributed by atoms with van der Waals surface area (Å²) in [7, 11) is 0. The van der Waals surface area contributed by atoms with Crippen LogP contribution in [0.5, 0.6) is 0 Å². The van der Waals surface area contributed by atoms with Gasteiger partial charge in [-0.1, -0.05) is 0 Å². The average molecular weight is 356 g/mol. The largest absolute Gasteiger partial charge is 0.408 e. The van der Waals surface area contributed by atoms with E-state index >= 15 is 0 Å². The van der Waals surface area contributed by atoms with Crippen LogP contribution in [0.15, 0.2) is 15.5 Å². The standard InChI is InChI=1S/C11H13BrF3N3O2/c12-8-7(16-4-10(6-19)1-2-10)3-17-18(9(8)20)5-11(13,14)15/h3,16,19H,1-2,4-6H2. The Bertz CT molecular complexity index is 555. The van der Waals surface area contributed by atoms with Gasteiger partial charge in [-0.25, -0.2) is 4.68 Å². The summed E-state index contributed by atoms with van der Waals surface area (Å²) < 4.78 is 37.1. The van der Waals surface area contributed by atoms with Gasteiger partial charge in [-0.05, 0) is 28.8 Å². The highest BCUT2D eigenvalue weighted by molar-refractivity contribution is 9.10. The van der Waals surface area contributed by atoms with Gasteiger partial charge in [0, 0.05) is 12.0 Å². The van der Waals surface area contributed by atoms with E-state index < -0.39 is 18.3 Å². The smallest absolute Gasteiger partial charge is 0.396 e. The fourth-order valence-electron chi connectivity index (χ4n) is 1.72. The predicted octanol–water partition coefficient (Wildman–Crippen LogP) is 1.75. The van der Waals surface area contributed by atoms with Crippen molar-refractivity contribution in [2.75, 3.05) is 18.5 Å². The Labute approximate surface area is 120 Å². The molecule has 1 saturated carbocycles. The lowest BCUT2D eigenvalue weighted by molar-refractivity contribution is -0.143. The second-order valence-electron chi connectivity index (χ2n) is 4.96. The normalized spacial score (nSPS) is 17.1. The van der Waals surface area contributed by atoms with Gasteiger partial charge < -0.3 is 10.4 Å². The molecule has 0 aromatic carbocycles. The second kappa shape index (κ2) is 5.36. The number of nitrogens with one attached hydrogen (secondary N) is 1. The predicted molar refractivity (Wildman–Crippen MR) is 69.5 cm³/mol. The van der Waals surface area contributed by atoms with E-state index in [1.54, 1.807) is 0 Å². The molecular formula is C11H13BrF3N3O2. The minimum absolute atomic E-state index is 0.00508. The molecule has 0 aliphatic heterocycles. The fourth-order valence-corrected chi connectivity index (χ4v) is 2.17. The molecule has 2 N–H and O–H groups in total. The molecule has 0 atom stereocenters. The summed E-state index contributed by atoms with van der Waals surface area (Å²) in [4.78, 5) is 11.7. The molecule has 20 heavy (non-hydrogen) atoms. The lowest BCUT2D eigenvalue weighted by Gasteiger charge is -2.15. The second-order valence-corrected chi connectivity index (χ2v) is 5.75. The maximum absolute atomic E-state index is 12.3. The number of hydrogen-bond donors (Lipinski definition) is 2. The number of alkyl halides is 3. The molecule has 9 heteroatoms. The third kappa shape index (κ3) is 3.51. The summed E-state index contributed by atoms with van der Waals surface area (Å²) in [5, 5.41) is 15.6. The number of hydrogen-bond acceptors (Lipinski definition) is 4. The van der Waals surface area contributed by atoms with Crippen LogP contribution in [0.3, 0.4) is 0 Å². The van der Waals surface area contributed by atoms with Crippen molar-refractivity contribution in [2.45, 2.75) is 25.6 Å². The van der Waals surface area contributed by atoms with Crippen molar-refractivity contribution in [3.63, 3.8) is 0 Å². The van der Waals surface area contributed by atoms with E-state index in [4.69, 9.17) is 0 Å². The first kappa shape index (κ1) is 15.3. The van der Waals surface area contributed by atoms with Crippen molar-refractivity contribution in [2.24, 2.45) is 5.41 Å². The maximum Gasteiger partial charge on any atom is 0.408 e. The van der Waals surface area contributed by atoms with Crippen molar-refractivity contribution >= 4 is 21.6 Å². The monoisotopic (exact) mass is 355 g/mol. The molecule has 1 fully saturated rings. The molecule has 5 nitrogen and oxygen atoms in total. The van der Waals surface area contributed by atoms with Crippen molar-refractivity contribution in [3.8, 4) is 0 Å². The molecule has 2 rings (SSSR count). The fraction of sp³-hybridized carbons (Fsp3) is 0.636. The molecule has 1 heterocycles. The molecule has 0 spiro atoms. The van der Waals surface area contributed by atoms with E-state index in [-0.39, 0.29) is 16.5 Å². The van der Waals surface area contributed by atoms with Gasteiger partial charge in [0.2, 0.25) is 0 Å². The van der Waals surface area contributed by atoms with Gasteiger partial charge in [0.05, 0.1) is 18.5 Å². The van der Waals surface area contributed by atoms with Gasteiger partial charge in [-0.2, -0.15) is 18.3 Å². The molecule has 0 unspecified atom stereocenters. The third-order valence-electron chi connectivity index (χ3n) is 3.26. The van der Waals surface area contributed by atoms with Crippen molar-refractivity contribution < 1.29 is 18.3 Å². The Morgan fingerprint density at radius 2 is 2.15 bits per heavy atom. The number of rotatable bonds is 5. The number of halogens is 4. The minimum Gasteiger partial charge on any atom is -0.396 e. The van der Waals surface area contributed by atoms with Crippen LogP contribution in [0.25, 0.3) is 0 Å². The van der Waals surface area contributed by atoms with E-state index in [2.05, 4.69) is 26.3 Å². The summed E-state index contributed by atoms with van der Waals surface area (Å²) in [6, 6.07) is 0. The van der Waals surface area contributed by atoms with Crippen LogP contribution in [0.2, 0.25) is 0 Å². The van der Waals surface area contributed by atoms with Crippen LogP contribution in [-0.2, 0) is 6.54 Å². The highest BCUT2D eigenvalue weighted by Gasteiger charge is 2.41. The number of aliphatic hydroxyl groups is 1. The molecule has 1 aromatic rings. The zero-order chi connectivity index (χ0) is 15.0. The highest BCUT2D eigenvalue weighted by Crippen LogP contribution is 2.45. The van der Waals surface area contributed by atoms with Crippen molar-refractivity contribution in [3.05, 3.63) is 21.0 Å². The van der Waals surface area contributed by atoms with Gasteiger partial charge in [-0.3, -0.25) is 4.79 Å². The molecular weight excluding hydrogens is 343 g/mol. The molecule has 1 aliphatic rings. The van der Waals surface area contributed by atoms with Gasteiger partial charge in [0.15, 0.2) is 0 Å². The average Bonchev–Trinajstić information content (AvgIpc) is 3.13. The summed E-state index contributed by atoms with van der Waals surface area (Å²) in [6.45, 7) is -0.937. The van der Waals surface area contributed by atoms with Gasteiger partial charge in [-0.15, -0.1) is 0 Å².